The van der Waals surface area contributed by atoms with E-state index in [9.17, 15) is 29.6 Å². The third-order valence-corrected chi connectivity index (χ3v) is 5.05. The molecule has 3 rings (SSSR count). The summed E-state index contributed by atoms with van der Waals surface area (Å²) in [4.78, 5) is 48.5. The topological polar surface area (TPSA) is 127 Å². The van der Waals surface area contributed by atoms with Crippen LogP contribution in [0.2, 0.25) is 0 Å². The van der Waals surface area contributed by atoms with E-state index in [-0.39, 0.29) is 22.8 Å². The van der Waals surface area contributed by atoms with E-state index >= 15 is 0 Å². The maximum Gasteiger partial charge on any atom is 0.315 e. The molecule has 1 aliphatic rings. The molecule has 154 valence electrons. The van der Waals surface area contributed by atoms with E-state index in [0.717, 1.165) is 11.0 Å². The Morgan fingerprint density at radius 1 is 1.27 bits per heavy atom. The maximum atomic E-state index is 12.6. The van der Waals surface area contributed by atoms with E-state index in [1.54, 1.807) is 37.3 Å². The Morgan fingerprint density at radius 2 is 1.97 bits per heavy atom. The van der Waals surface area contributed by atoms with Crippen molar-refractivity contribution in [3.05, 3.63) is 68.6 Å². The van der Waals surface area contributed by atoms with Gasteiger partial charge >= 0.3 is 5.69 Å². The fourth-order valence-corrected chi connectivity index (χ4v) is 3.59. The van der Waals surface area contributed by atoms with E-state index in [4.69, 9.17) is 4.74 Å². The molecule has 2 aromatic rings. The summed E-state index contributed by atoms with van der Waals surface area (Å²) in [6.45, 7) is 1.39. The van der Waals surface area contributed by atoms with Gasteiger partial charge in [-0.25, -0.2) is 0 Å². The highest BCUT2D eigenvalue weighted by atomic mass is 32.2. The molecule has 0 spiro atoms. The van der Waals surface area contributed by atoms with Crippen LogP contribution < -0.4 is 4.74 Å². The zero-order valence-electron chi connectivity index (χ0n) is 15.7. The second-order valence-electron chi connectivity index (χ2n) is 6.13. The normalized spacial score (nSPS) is 15.0. The van der Waals surface area contributed by atoms with Crippen molar-refractivity contribution in [2.24, 2.45) is 0 Å². The first-order valence-corrected chi connectivity index (χ1v) is 9.61. The lowest BCUT2D eigenvalue weighted by Gasteiger charge is -2.11. The van der Waals surface area contributed by atoms with Gasteiger partial charge in [0.05, 0.1) is 23.0 Å². The fourth-order valence-electron chi connectivity index (χ4n) is 2.75. The number of nitro benzene ring substituents is 1. The molecule has 2 aromatic carbocycles. The molecule has 0 radical (unpaired) electrons. The molecule has 0 saturated carbocycles. The van der Waals surface area contributed by atoms with Crippen molar-refractivity contribution in [2.45, 2.75) is 6.92 Å². The molecule has 1 fully saturated rings. The van der Waals surface area contributed by atoms with E-state index in [0.29, 0.717) is 17.3 Å². The van der Waals surface area contributed by atoms with Gasteiger partial charge in [-0.1, -0.05) is 30.3 Å². The Kier molecular flexibility index (Phi) is 6.17. The minimum atomic E-state index is -0.778. The average molecular weight is 428 g/mol. The summed E-state index contributed by atoms with van der Waals surface area (Å²) in [5.74, 6) is -1.81. The minimum Gasteiger partial charge on any atom is -0.500 e. The second kappa shape index (κ2) is 8.78. The summed E-state index contributed by atoms with van der Waals surface area (Å²) in [7, 11) is 0. The molecule has 2 amide bonds. The summed E-state index contributed by atoms with van der Waals surface area (Å²) in [6.07, 6.45) is 1.28. The Labute approximate surface area is 175 Å². The van der Waals surface area contributed by atoms with Crippen LogP contribution in [0.15, 0.2) is 47.4 Å². The number of carbonyl (C=O) groups is 3. The van der Waals surface area contributed by atoms with Crippen LogP contribution in [-0.4, -0.2) is 45.0 Å². The van der Waals surface area contributed by atoms with E-state index in [2.05, 4.69) is 0 Å². The van der Waals surface area contributed by atoms with Crippen LogP contribution in [0.1, 0.15) is 22.8 Å². The Bertz CT molecular complexity index is 1070. The highest BCUT2D eigenvalue weighted by Crippen LogP contribution is 2.39. The molecule has 1 saturated heterocycles. The van der Waals surface area contributed by atoms with Crippen molar-refractivity contribution in [1.82, 2.24) is 4.90 Å². The quantitative estimate of drug-likeness (QED) is 0.307. The molecule has 10 heteroatoms. The van der Waals surface area contributed by atoms with Crippen LogP contribution in [0.5, 0.6) is 11.5 Å². The number of thioether (sulfide) groups is 1. The number of ether oxygens (including phenoxy) is 1. The number of aromatic hydroxyl groups is 1. The molecule has 1 aliphatic heterocycles. The van der Waals surface area contributed by atoms with Gasteiger partial charge < -0.3 is 9.84 Å². The SMILES string of the molecule is CCOc1cc(/C=C2\SC(=O)N(CC(=O)c3ccccc3)C2=O)cc([N+](=O)[O-])c1O. The molecule has 1 heterocycles. The standard InChI is InChI=1S/C20H16N2O7S/c1-2-29-16-9-12(8-14(18(16)24)22(27)28)10-17-19(25)21(20(26)30-17)11-15(23)13-6-4-3-5-7-13/h3-10,24H,2,11H2,1H3/b17-10-. The van der Waals surface area contributed by atoms with Crippen LogP contribution in [0.25, 0.3) is 6.08 Å². The second-order valence-corrected chi connectivity index (χ2v) is 7.13. The minimum absolute atomic E-state index is 0.00305. The van der Waals surface area contributed by atoms with E-state index in [1.165, 1.54) is 12.1 Å². The summed E-state index contributed by atoms with van der Waals surface area (Å²) in [5, 5.41) is 20.5. The van der Waals surface area contributed by atoms with Crippen molar-refractivity contribution >= 4 is 40.5 Å². The molecule has 0 aliphatic carbocycles. The smallest absolute Gasteiger partial charge is 0.315 e. The lowest BCUT2D eigenvalue weighted by atomic mass is 10.1. The number of hydrogen-bond acceptors (Lipinski definition) is 8. The van der Waals surface area contributed by atoms with Gasteiger partial charge in [0.1, 0.15) is 0 Å². The lowest BCUT2D eigenvalue weighted by molar-refractivity contribution is -0.386. The predicted molar refractivity (Wildman–Crippen MR) is 109 cm³/mol. The fraction of sp³-hybridized carbons (Fsp3) is 0.150. The Hall–Kier alpha value is -3.66. The molecule has 0 aromatic heterocycles. The third kappa shape index (κ3) is 4.33. The number of nitro groups is 1. The number of ketones is 1. The van der Waals surface area contributed by atoms with Gasteiger partial charge in [-0.15, -0.1) is 0 Å². The molecular formula is C20H16N2O7S. The first-order chi connectivity index (χ1) is 14.3. The van der Waals surface area contributed by atoms with Gasteiger partial charge in [-0.2, -0.15) is 0 Å². The first kappa shape index (κ1) is 21.1. The van der Waals surface area contributed by atoms with Crippen LogP contribution in [0, 0.1) is 10.1 Å². The van der Waals surface area contributed by atoms with Crippen molar-refractivity contribution in [3.63, 3.8) is 0 Å². The van der Waals surface area contributed by atoms with Crippen LogP contribution in [0.4, 0.5) is 10.5 Å². The predicted octanol–water partition coefficient (Wildman–Crippen LogP) is 3.62. The zero-order valence-corrected chi connectivity index (χ0v) is 16.5. The molecule has 0 atom stereocenters. The number of imide groups is 1. The largest absolute Gasteiger partial charge is 0.500 e. The van der Waals surface area contributed by atoms with Gasteiger partial charge in [-0.3, -0.25) is 29.4 Å². The molecule has 0 bridgehead atoms. The zero-order chi connectivity index (χ0) is 21.8. The first-order valence-electron chi connectivity index (χ1n) is 8.79. The van der Waals surface area contributed by atoms with Gasteiger partial charge in [-0.05, 0) is 36.4 Å². The number of hydrogen-bond donors (Lipinski definition) is 1. The van der Waals surface area contributed by atoms with Crippen molar-refractivity contribution in [3.8, 4) is 11.5 Å². The molecular weight excluding hydrogens is 412 g/mol. The number of carbonyl (C=O) groups excluding carboxylic acids is 3. The summed E-state index contributed by atoms with van der Waals surface area (Å²) >= 11 is 0.625. The summed E-state index contributed by atoms with van der Waals surface area (Å²) in [5.41, 5.74) is -0.0236. The number of phenols is 1. The summed E-state index contributed by atoms with van der Waals surface area (Å²) in [6, 6.07) is 10.7. The number of Topliss-reactive ketones (excluding diaryl/α,β-unsaturated/α-hetero) is 1. The molecule has 9 nitrogen and oxygen atoms in total. The number of nitrogens with zero attached hydrogens (tertiary/aromatic N) is 2. The van der Waals surface area contributed by atoms with Gasteiger partial charge in [0.25, 0.3) is 11.1 Å². The highest BCUT2D eigenvalue weighted by molar-refractivity contribution is 8.18. The van der Waals surface area contributed by atoms with Crippen molar-refractivity contribution in [1.29, 1.82) is 0 Å². The van der Waals surface area contributed by atoms with Crippen LogP contribution >= 0.6 is 11.8 Å². The van der Waals surface area contributed by atoms with Crippen LogP contribution in [-0.2, 0) is 4.79 Å². The van der Waals surface area contributed by atoms with Gasteiger partial charge in [0, 0.05) is 11.6 Å². The van der Waals surface area contributed by atoms with Crippen molar-refractivity contribution < 1.29 is 29.2 Å². The monoisotopic (exact) mass is 428 g/mol. The molecule has 1 N–H and O–H groups in total. The third-order valence-electron chi connectivity index (χ3n) is 4.14. The number of amides is 2. The van der Waals surface area contributed by atoms with E-state index < -0.39 is 39.8 Å². The van der Waals surface area contributed by atoms with Gasteiger partial charge in [0.2, 0.25) is 5.75 Å². The van der Waals surface area contributed by atoms with Gasteiger partial charge in [0.15, 0.2) is 11.5 Å². The van der Waals surface area contributed by atoms with Crippen LogP contribution in [0.3, 0.4) is 0 Å². The number of benzene rings is 2. The Balaban J connectivity index is 1.88. The summed E-state index contributed by atoms with van der Waals surface area (Å²) < 4.78 is 5.21. The average Bonchev–Trinajstić information content (AvgIpc) is 2.98. The molecule has 30 heavy (non-hydrogen) atoms. The highest BCUT2D eigenvalue weighted by Gasteiger charge is 2.36. The maximum absolute atomic E-state index is 12.6. The van der Waals surface area contributed by atoms with Crippen molar-refractivity contribution in [2.75, 3.05) is 13.2 Å². The molecule has 0 unspecified atom stereocenters. The van der Waals surface area contributed by atoms with E-state index in [1.807, 2.05) is 0 Å². The Morgan fingerprint density at radius 3 is 2.60 bits per heavy atom. The number of phenolic OH excluding ortho intramolecular Hbond substituents is 1. The number of rotatable bonds is 7. The lowest BCUT2D eigenvalue weighted by Crippen LogP contribution is -2.33.